The summed E-state index contributed by atoms with van der Waals surface area (Å²) in [6.45, 7) is 3.56. The van der Waals surface area contributed by atoms with Gasteiger partial charge in [-0.15, -0.1) is 0 Å². The molecule has 1 fully saturated rings. The Hall–Kier alpha value is -0.730. The van der Waals surface area contributed by atoms with E-state index in [1.165, 1.54) is 45.4 Å². The second kappa shape index (κ2) is 13.4. The lowest BCUT2D eigenvalue weighted by Gasteiger charge is -2.42. The Bertz CT molecular complexity index is 381. The molecular weight excluding hydrogens is 338 g/mol. The van der Waals surface area contributed by atoms with Gasteiger partial charge >= 0.3 is 0 Å². The fourth-order valence-corrected chi connectivity index (χ4v) is 3.23. The molecule has 5 atom stereocenters. The molecule has 7 nitrogen and oxygen atoms in total. The molecule has 7 heteroatoms. The number of ether oxygens (including phenoxy) is 2. The summed E-state index contributed by atoms with van der Waals surface area (Å²) in [7, 11) is 0. The molecule has 26 heavy (non-hydrogen) atoms. The van der Waals surface area contributed by atoms with Crippen molar-refractivity contribution >= 4 is 5.91 Å². The van der Waals surface area contributed by atoms with Gasteiger partial charge in [-0.05, 0) is 6.42 Å². The van der Waals surface area contributed by atoms with Crippen molar-refractivity contribution in [3.05, 3.63) is 0 Å². The van der Waals surface area contributed by atoms with Crippen LogP contribution in [-0.4, -0.2) is 65.1 Å². The predicted molar refractivity (Wildman–Crippen MR) is 98.5 cm³/mol. The first-order valence-electron chi connectivity index (χ1n) is 10.0. The maximum atomic E-state index is 11.3. The zero-order valence-corrected chi connectivity index (χ0v) is 16.2. The zero-order valence-electron chi connectivity index (χ0n) is 16.2. The molecule has 0 aliphatic carbocycles. The van der Waals surface area contributed by atoms with Gasteiger partial charge in [0.15, 0.2) is 6.29 Å². The summed E-state index contributed by atoms with van der Waals surface area (Å²) in [4.78, 5) is 11.3. The molecule has 0 aromatic rings. The Morgan fingerprint density at radius 1 is 1.00 bits per heavy atom. The van der Waals surface area contributed by atoms with E-state index >= 15 is 0 Å². The fourth-order valence-electron chi connectivity index (χ4n) is 3.23. The molecule has 0 bridgehead atoms. The SMILES string of the molecule is CCCCCCCCCCCO[C@@H]1O[C@@H](CO)[C@@H](O)[C@@H](O)[C@@H]1NC(C)=O. The van der Waals surface area contributed by atoms with Crippen LogP contribution in [0.3, 0.4) is 0 Å². The summed E-state index contributed by atoms with van der Waals surface area (Å²) in [5, 5.41) is 32.0. The standard InChI is InChI=1S/C19H37NO6/c1-3-4-5-6-7-8-9-10-11-12-25-19-16(20-14(2)22)18(24)17(23)15(13-21)26-19/h15-19,21,23-24H,3-13H2,1-2H3,(H,20,22)/t15-,16-,17+,18-,19+/m0/s1. The molecule has 0 radical (unpaired) electrons. The van der Waals surface area contributed by atoms with Crippen LogP contribution in [0, 0.1) is 0 Å². The van der Waals surface area contributed by atoms with Crippen LogP contribution in [0.1, 0.15) is 71.6 Å². The van der Waals surface area contributed by atoms with Gasteiger partial charge in [0, 0.05) is 13.5 Å². The molecule has 1 aliphatic heterocycles. The van der Waals surface area contributed by atoms with Crippen LogP contribution in [0.4, 0.5) is 0 Å². The normalized spacial score (nSPS) is 28.9. The van der Waals surface area contributed by atoms with Crippen LogP contribution in [0.2, 0.25) is 0 Å². The molecule has 4 N–H and O–H groups in total. The van der Waals surface area contributed by atoms with E-state index in [-0.39, 0.29) is 5.91 Å². The van der Waals surface area contributed by atoms with Gasteiger partial charge < -0.3 is 30.1 Å². The quantitative estimate of drug-likeness (QED) is 0.363. The van der Waals surface area contributed by atoms with Crippen molar-refractivity contribution in [2.75, 3.05) is 13.2 Å². The summed E-state index contributed by atoms with van der Waals surface area (Å²) in [6, 6.07) is -0.858. The van der Waals surface area contributed by atoms with E-state index in [0.717, 1.165) is 19.3 Å². The van der Waals surface area contributed by atoms with E-state index in [1.54, 1.807) is 0 Å². The highest BCUT2D eigenvalue weighted by atomic mass is 16.7. The third-order valence-electron chi connectivity index (χ3n) is 4.78. The number of carbonyl (C=O) groups is 1. The summed E-state index contributed by atoms with van der Waals surface area (Å²) < 4.78 is 11.2. The van der Waals surface area contributed by atoms with Crippen molar-refractivity contribution in [3.63, 3.8) is 0 Å². The lowest BCUT2D eigenvalue weighted by molar-refractivity contribution is -0.270. The minimum atomic E-state index is -1.27. The second-order valence-electron chi connectivity index (χ2n) is 7.13. The Labute approximate surface area is 157 Å². The maximum absolute atomic E-state index is 11.3. The molecule has 0 saturated carbocycles. The molecule has 1 saturated heterocycles. The molecule has 0 aromatic heterocycles. The van der Waals surface area contributed by atoms with E-state index in [9.17, 15) is 20.1 Å². The monoisotopic (exact) mass is 375 g/mol. The van der Waals surface area contributed by atoms with Crippen molar-refractivity contribution in [2.24, 2.45) is 0 Å². The summed E-state index contributed by atoms with van der Waals surface area (Å²) >= 11 is 0. The number of amides is 1. The van der Waals surface area contributed by atoms with E-state index < -0.39 is 37.3 Å². The number of hydrogen-bond acceptors (Lipinski definition) is 6. The highest BCUT2D eigenvalue weighted by Gasteiger charge is 2.45. The minimum Gasteiger partial charge on any atom is -0.394 e. The van der Waals surface area contributed by atoms with Crippen LogP contribution in [0.5, 0.6) is 0 Å². The Morgan fingerprint density at radius 2 is 1.58 bits per heavy atom. The lowest BCUT2D eigenvalue weighted by atomic mass is 9.97. The van der Waals surface area contributed by atoms with E-state index in [1.807, 2.05) is 0 Å². The molecule has 1 amide bonds. The van der Waals surface area contributed by atoms with Crippen molar-refractivity contribution in [3.8, 4) is 0 Å². The number of hydrogen-bond donors (Lipinski definition) is 4. The van der Waals surface area contributed by atoms with Gasteiger partial charge in [0.1, 0.15) is 24.4 Å². The average molecular weight is 376 g/mol. The van der Waals surface area contributed by atoms with Crippen LogP contribution in [0.15, 0.2) is 0 Å². The molecule has 0 spiro atoms. The number of aliphatic hydroxyl groups excluding tert-OH is 3. The first-order valence-corrected chi connectivity index (χ1v) is 10.0. The first kappa shape index (κ1) is 23.3. The predicted octanol–water partition coefficient (Wildman–Crippen LogP) is 1.48. The van der Waals surface area contributed by atoms with E-state index in [4.69, 9.17) is 9.47 Å². The highest BCUT2D eigenvalue weighted by Crippen LogP contribution is 2.22. The smallest absolute Gasteiger partial charge is 0.217 e. The van der Waals surface area contributed by atoms with Crippen LogP contribution in [0.25, 0.3) is 0 Å². The summed E-state index contributed by atoms with van der Waals surface area (Å²) in [5.41, 5.74) is 0. The van der Waals surface area contributed by atoms with Crippen molar-refractivity contribution in [2.45, 2.75) is 102 Å². The molecule has 0 aromatic carbocycles. The number of carbonyl (C=O) groups excluding carboxylic acids is 1. The lowest BCUT2D eigenvalue weighted by Crippen LogP contribution is -2.64. The summed E-state index contributed by atoms with van der Waals surface area (Å²) in [5.74, 6) is -0.344. The van der Waals surface area contributed by atoms with Crippen molar-refractivity contribution < 1.29 is 29.6 Å². The largest absolute Gasteiger partial charge is 0.394 e. The number of unbranched alkanes of at least 4 members (excludes halogenated alkanes) is 8. The zero-order chi connectivity index (χ0) is 19.4. The van der Waals surface area contributed by atoms with Gasteiger partial charge in [-0.1, -0.05) is 58.3 Å². The molecule has 0 unspecified atom stereocenters. The van der Waals surface area contributed by atoms with Crippen LogP contribution in [-0.2, 0) is 14.3 Å². The fraction of sp³-hybridized carbons (Fsp3) is 0.947. The van der Waals surface area contributed by atoms with Crippen molar-refractivity contribution in [1.29, 1.82) is 0 Å². The Balaban J connectivity index is 2.28. The summed E-state index contributed by atoms with van der Waals surface area (Å²) in [6.07, 6.45) is 6.47. The van der Waals surface area contributed by atoms with Gasteiger partial charge in [-0.2, -0.15) is 0 Å². The number of aliphatic hydroxyl groups is 3. The van der Waals surface area contributed by atoms with Gasteiger partial charge in [0.2, 0.25) is 5.91 Å². The number of nitrogens with one attached hydrogen (secondary N) is 1. The minimum absolute atomic E-state index is 0.344. The van der Waals surface area contributed by atoms with Gasteiger partial charge in [-0.3, -0.25) is 4.79 Å². The Kier molecular flexibility index (Phi) is 12.0. The van der Waals surface area contributed by atoms with Gasteiger partial charge in [0.05, 0.1) is 6.61 Å². The second-order valence-corrected chi connectivity index (χ2v) is 7.13. The Morgan fingerprint density at radius 3 is 2.12 bits per heavy atom. The van der Waals surface area contributed by atoms with Crippen molar-refractivity contribution in [1.82, 2.24) is 5.32 Å². The molecule has 1 aliphatic rings. The average Bonchev–Trinajstić information content (AvgIpc) is 2.62. The third kappa shape index (κ3) is 8.31. The molecule has 1 heterocycles. The molecule has 154 valence electrons. The topological polar surface area (TPSA) is 108 Å². The van der Waals surface area contributed by atoms with Crippen LogP contribution < -0.4 is 5.32 Å². The van der Waals surface area contributed by atoms with E-state index in [2.05, 4.69) is 12.2 Å². The maximum Gasteiger partial charge on any atom is 0.217 e. The first-order chi connectivity index (χ1) is 12.5. The number of rotatable bonds is 13. The molecule has 1 rings (SSSR count). The highest BCUT2D eigenvalue weighted by molar-refractivity contribution is 5.73. The van der Waals surface area contributed by atoms with Crippen LogP contribution >= 0.6 is 0 Å². The third-order valence-corrected chi connectivity index (χ3v) is 4.78. The molecular formula is C19H37NO6. The van der Waals surface area contributed by atoms with E-state index in [0.29, 0.717) is 6.61 Å². The van der Waals surface area contributed by atoms with Gasteiger partial charge in [0.25, 0.3) is 0 Å². The van der Waals surface area contributed by atoms with Gasteiger partial charge in [-0.25, -0.2) is 0 Å².